The van der Waals surface area contributed by atoms with Gasteiger partial charge < -0.3 is 5.32 Å². The molecule has 1 N–H and O–H groups in total. The van der Waals surface area contributed by atoms with E-state index in [-0.39, 0.29) is 0 Å². The first-order valence-electron chi connectivity index (χ1n) is 4.56. The summed E-state index contributed by atoms with van der Waals surface area (Å²) in [6.07, 6.45) is 5.60. The maximum Gasteiger partial charge on any atom is 0.0193 e. The lowest BCUT2D eigenvalue weighted by atomic mass is 10.0. The van der Waals surface area contributed by atoms with Crippen molar-refractivity contribution in [1.29, 1.82) is 0 Å². The largest absolute Gasteiger partial charge is 0.311 e. The van der Waals surface area contributed by atoms with E-state index in [1.165, 1.54) is 32.2 Å². The van der Waals surface area contributed by atoms with Gasteiger partial charge in [-0.2, -0.15) is 0 Å². The normalized spacial score (nSPS) is 26.4. The molecular weight excluding hydrogens is 122 g/mol. The highest BCUT2D eigenvalue weighted by Crippen LogP contribution is 2.14. The topological polar surface area (TPSA) is 21.9 Å². The van der Waals surface area contributed by atoms with Crippen LogP contribution in [-0.2, 0) is 0 Å². The first-order valence-corrected chi connectivity index (χ1v) is 4.56. The summed E-state index contributed by atoms with van der Waals surface area (Å²) in [6, 6.07) is 0.893. The fraction of sp³-hybridized carbons (Fsp3) is 1.00. The van der Waals surface area contributed by atoms with Crippen LogP contribution >= 0.6 is 0 Å². The van der Waals surface area contributed by atoms with Crippen LogP contribution in [0.1, 0.15) is 39.5 Å². The average molecular weight is 141 g/mol. The number of hydrogen-bond acceptors (Lipinski definition) is 1. The van der Waals surface area contributed by atoms with Crippen LogP contribution in [0.5, 0.6) is 0 Å². The van der Waals surface area contributed by atoms with Gasteiger partial charge in [-0.05, 0) is 12.3 Å². The summed E-state index contributed by atoms with van der Waals surface area (Å²) in [7, 11) is 0. The summed E-state index contributed by atoms with van der Waals surface area (Å²) < 4.78 is 0. The summed E-state index contributed by atoms with van der Waals surface area (Å²) >= 11 is 0. The summed E-state index contributed by atoms with van der Waals surface area (Å²) in [4.78, 5) is 0. The van der Waals surface area contributed by atoms with Gasteiger partial charge in [0, 0.05) is 12.6 Å². The van der Waals surface area contributed by atoms with Gasteiger partial charge in [-0.1, -0.05) is 33.1 Å². The van der Waals surface area contributed by atoms with Gasteiger partial charge in [0.15, 0.2) is 0 Å². The third-order valence-corrected chi connectivity index (χ3v) is 2.44. The minimum Gasteiger partial charge on any atom is -0.311 e. The van der Waals surface area contributed by atoms with E-state index in [1.54, 1.807) is 0 Å². The van der Waals surface area contributed by atoms with Crippen molar-refractivity contribution in [3.63, 3.8) is 0 Å². The predicted octanol–water partition coefficient (Wildman–Crippen LogP) is 2.17. The van der Waals surface area contributed by atoms with Crippen molar-refractivity contribution >= 4 is 0 Å². The van der Waals surface area contributed by atoms with E-state index in [0.29, 0.717) is 0 Å². The van der Waals surface area contributed by atoms with Gasteiger partial charge in [0.1, 0.15) is 0 Å². The van der Waals surface area contributed by atoms with Gasteiger partial charge >= 0.3 is 0 Å². The number of rotatable bonds is 5. The standard InChI is InChI=1S/C9H19N/c1-3-8(2)5-4-6-9-7-10-9/h8-10H,3-7H2,1-2H3. The Morgan fingerprint density at radius 2 is 2.30 bits per heavy atom. The van der Waals surface area contributed by atoms with Gasteiger partial charge in [-0.15, -0.1) is 0 Å². The molecule has 1 saturated heterocycles. The quantitative estimate of drug-likeness (QED) is 0.582. The zero-order chi connectivity index (χ0) is 7.40. The van der Waals surface area contributed by atoms with E-state index in [1.807, 2.05) is 0 Å². The molecule has 1 rings (SSSR count). The van der Waals surface area contributed by atoms with E-state index in [0.717, 1.165) is 12.0 Å². The van der Waals surface area contributed by atoms with E-state index in [2.05, 4.69) is 19.2 Å². The summed E-state index contributed by atoms with van der Waals surface area (Å²) in [5.74, 6) is 0.943. The minimum atomic E-state index is 0.893. The summed E-state index contributed by atoms with van der Waals surface area (Å²) in [6.45, 7) is 5.90. The third-order valence-electron chi connectivity index (χ3n) is 2.44. The molecule has 60 valence electrons. The minimum absolute atomic E-state index is 0.893. The molecule has 0 radical (unpaired) electrons. The smallest absolute Gasteiger partial charge is 0.0193 e. The van der Waals surface area contributed by atoms with E-state index in [4.69, 9.17) is 0 Å². The van der Waals surface area contributed by atoms with E-state index >= 15 is 0 Å². The second kappa shape index (κ2) is 3.97. The molecule has 1 fully saturated rings. The van der Waals surface area contributed by atoms with Gasteiger partial charge in [0.25, 0.3) is 0 Å². The van der Waals surface area contributed by atoms with Crippen molar-refractivity contribution < 1.29 is 0 Å². The molecule has 2 atom stereocenters. The molecule has 1 aliphatic heterocycles. The fourth-order valence-corrected chi connectivity index (χ4v) is 1.20. The molecule has 1 heteroatoms. The average Bonchev–Trinajstić information content (AvgIpc) is 2.71. The van der Waals surface area contributed by atoms with Crippen molar-refractivity contribution in [3.8, 4) is 0 Å². The molecule has 0 spiro atoms. The maximum atomic E-state index is 3.33. The molecule has 0 bridgehead atoms. The van der Waals surface area contributed by atoms with Gasteiger partial charge in [-0.3, -0.25) is 0 Å². The lowest BCUT2D eigenvalue weighted by molar-refractivity contribution is 0.483. The zero-order valence-corrected chi connectivity index (χ0v) is 7.19. The van der Waals surface area contributed by atoms with Gasteiger partial charge in [0.05, 0.1) is 0 Å². The Morgan fingerprint density at radius 3 is 2.80 bits per heavy atom. The SMILES string of the molecule is CCC(C)CCCC1CN1. The molecular formula is C9H19N. The second-order valence-electron chi connectivity index (χ2n) is 3.55. The van der Waals surface area contributed by atoms with Crippen molar-refractivity contribution in [2.24, 2.45) is 5.92 Å². The number of hydrogen-bond donors (Lipinski definition) is 1. The molecule has 0 aliphatic carbocycles. The Balaban J connectivity index is 1.83. The van der Waals surface area contributed by atoms with Crippen LogP contribution in [0.15, 0.2) is 0 Å². The van der Waals surface area contributed by atoms with E-state index in [9.17, 15) is 0 Å². The Morgan fingerprint density at radius 1 is 1.60 bits per heavy atom. The highest BCUT2D eigenvalue weighted by molar-refractivity contribution is 4.82. The molecule has 0 saturated carbocycles. The molecule has 2 unspecified atom stereocenters. The van der Waals surface area contributed by atoms with Crippen LogP contribution in [0.3, 0.4) is 0 Å². The monoisotopic (exact) mass is 141 g/mol. The Kier molecular flexibility index (Phi) is 3.20. The zero-order valence-electron chi connectivity index (χ0n) is 7.19. The predicted molar refractivity (Wildman–Crippen MR) is 45.1 cm³/mol. The second-order valence-corrected chi connectivity index (χ2v) is 3.55. The molecule has 1 nitrogen and oxygen atoms in total. The first kappa shape index (κ1) is 8.06. The van der Waals surface area contributed by atoms with Crippen molar-refractivity contribution in [2.75, 3.05) is 6.54 Å². The molecule has 1 aliphatic rings. The van der Waals surface area contributed by atoms with Gasteiger partial charge in [0.2, 0.25) is 0 Å². The lowest BCUT2D eigenvalue weighted by Crippen LogP contribution is -1.95. The van der Waals surface area contributed by atoms with Crippen molar-refractivity contribution in [3.05, 3.63) is 0 Å². The van der Waals surface area contributed by atoms with Crippen LogP contribution in [0.25, 0.3) is 0 Å². The molecule has 1 heterocycles. The first-order chi connectivity index (χ1) is 4.83. The Bertz CT molecular complexity index is 86.7. The third kappa shape index (κ3) is 3.21. The summed E-state index contributed by atoms with van der Waals surface area (Å²) in [5, 5.41) is 3.33. The fourth-order valence-electron chi connectivity index (χ4n) is 1.20. The molecule has 0 aromatic heterocycles. The molecule has 0 amide bonds. The van der Waals surface area contributed by atoms with Crippen LogP contribution in [0.2, 0.25) is 0 Å². The van der Waals surface area contributed by atoms with Crippen molar-refractivity contribution in [2.45, 2.75) is 45.6 Å². The highest BCUT2D eigenvalue weighted by atomic mass is 15.1. The van der Waals surface area contributed by atoms with Crippen molar-refractivity contribution in [1.82, 2.24) is 5.32 Å². The number of nitrogens with one attached hydrogen (secondary N) is 1. The van der Waals surface area contributed by atoms with E-state index < -0.39 is 0 Å². The Hall–Kier alpha value is -0.0400. The molecule has 0 aromatic rings. The maximum absolute atomic E-state index is 3.33. The van der Waals surface area contributed by atoms with Crippen LogP contribution in [-0.4, -0.2) is 12.6 Å². The van der Waals surface area contributed by atoms with Crippen LogP contribution < -0.4 is 5.32 Å². The highest BCUT2D eigenvalue weighted by Gasteiger charge is 2.18. The molecule has 10 heavy (non-hydrogen) atoms. The van der Waals surface area contributed by atoms with Gasteiger partial charge in [-0.25, -0.2) is 0 Å². The molecule has 0 aromatic carbocycles. The summed E-state index contributed by atoms with van der Waals surface area (Å²) in [5.41, 5.74) is 0. The lowest BCUT2D eigenvalue weighted by Gasteiger charge is -2.05. The van der Waals surface area contributed by atoms with Crippen LogP contribution in [0.4, 0.5) is 0 Å². The van der Waals surface area contributed by atoms with Crippen LogP contribution in [0, 0.1) is 5.92 Å². The Labute approximate surface area is 64.2 Å².